The first-order valence-electron chi connectivity index (χ1n) is 8.72. The van der Waals surface area contributed by atoms with Crippen molar-refractivity contribution >= 4 is 11.7 Å². The van der Waals surface area contributed by atoms with Gasteiger partial charge < -0.3 is 10.2 Å². The van der Waals surface area contributed by atoms with Crippen molar-refractivity contribution in [2.75, 3.05) is 5.32 Å². The van der Waals surface area contributed by atoms with E-state index in [1.54, 1.807) is 36.5 Å². The number of aromatic nitrogens is 5. The number of carbonyl (C=O) groups excluding carboxylic acids is 1. The van der Waals surface area contributed by atoms with Crippen LogP contribution in [0, 0.1) is 12.7 Å². The van der Waals surface area contributed by atoms with Crippen LogP contribution in [0.5, 0.6) is 5.75 Å². The second kappa shape index (κ2) is 6.48. The average Bonchev–Trinajstić information content (AvgIpc) is 3.17. The molecule has 0 atom stereocenters. The second-order valence-corrected chi connectivity index (χ2v) is 6.45. The zero-order valence-electron chi connectivity index (χ0n) is 15.1. The number of hydrogen-bond donors (Lipinski definition) is 1. The van der Waals surface area contributed by atoms with Crippen LogP contribution in [0.4, 0.5) is 10.2 Å². The first kappa shape index (κ1) is 17.0. The molecule has 1 aromatic carbocycles. The summed E-state index contributed by atoms with van der Waals surface area (Å²) in [5.41, 5.74) is 2.17. The number of halogens is 1. The van der Waals surface area contributed by atoms with Crippen LogP contribution in [0.15, 0.2) is 55.0 Å². The topological polar surface area (TPSA) is 94.8 Å². The van der Waals surface area contributed by atoms with Crippen LogP contribution >= 0.6 is 0 Å². The van der Waals surface area contributed by atoms with Crippen molar-refractivity contribution in [2.45, 2.75) is 6.92 Å². The lowest BCUT2D eigenvalue weighted by atomic mass is 10.0. The molecule has 0 spiro atoms. The maximum absolute atomic E-state index is 14.9. The zero-order chi connectivity index (χ0) is 20.0. The lowest BCUT2D eigenvalue weighted by Gasteiger charge is -2.16. The number of fused-ring (bicyclic) bond motifs is 5. The molecule has 3 aromatic heterocycles. The van der Waals surface area contributed by atoms with Crippen molar-refractivity contribution in [1.29, 1.82) is 0 Å². The van der Waals surface area contributed by atoms with Crippen molar-refractivity contribution in [3.05, 3.63) is 72.1 Å². The molecule has 142 valence electrons. The standard InChI is InChI=1S/C20H13FN6O2/c1-11-5-6-12(9-22-11)13-7-14-17(8-15(13)21)29-27-10-23-26-19(27)16-3-2-4-18(24-16)25-20(14)28/h2-10H,1H3,(H,24,25,28). The third-order valence-corrected chi connectivity index (χ3v) is 4.47. The second-order valence-electron chi connectivity index (χ2n) is 6.45. The van der Waals surface area contributed by atoms with E-state index in [0.29, 0.717) is 22.9 Å². The molecule has 0 aliphatic carbocycles. The molecule has 1 aliphatic rings. The van der Waals surface area contributed by atoms with Gasteiger partial charge in [-0.3, -0.25) is 9.78 Å². The Morgan fingerprint density at radius 1 is 1.14 bits per heavy atom. The molecular weight excluding hydrogens is 375 g/mol. The summed E-state index contributed by atoms with van der Waals surface area (Å²) < 4.78 is 16.2. The summed E-state index contributed by atoms with van der Waals surface area (Å²) in [6, 6.07) is 11.2. The molecule has 8 nitrogen and oxygen atoms in total. The van der Waals surface area contributed by atoms with E-state index in [-0.39, 0.29) is 16.9 Å². The summed E-state index contributed by atoms with van der Waals surface area (Å²) in [4.78, 5) is 27.2. The molecule has 0 saturated heterocycles. The highest BCUT2D eigenvalue weighted by molar-refractivity contribution is 6.06. The van der Waals surface area contributed by atoms with Gasteiger partial charge in [0.2, 0.25) is 5.82 Å². The summed E-state index contributed by atoms with van der Waals surface area (Å²) in [5, 5.41) is 10.5. The lowest BCUT2D eigenvalue weighted by Crippen LogP contribution is -2.18. The number of benzene rings is 1. The van der Waals surface area contributed by atoms with Gasteiger partial charge in [-0.2, -0.15) is 0 Å². The molecule has 0 radical (unpaired) electrons. The predicted molar refractivity (Wildman–Crippen MR) is 102 cm³/mol. The maximum atomic E-state index is 14.9. The monoisotopic (exact) mass is 388 g/mol. The Bertz CT molecular complexity index is 1250. The van der Waals surface area contributed by atoms with Gasteiger partial charge in [-0.15, -0.1) is 14.9 Å². The molecule has 4 heterocycles. The van der Waals surface area contributed by atoms with Crippen molar-refractivity contribution in [3.63, 3.8) is 0 Å². The van der Waals surface area contributed by atoms with Gasteiger partial charge in [0.25, 0.3) is 5.91 Å². The van der Waals surface area contributed by atoms with Gasteiger partial charge in [0.15, 0.2) is 12.1 Å². The number of hydrogen-bond acceptors (Lipinski definition) is 6. The number of anilines is 1. The van der Waals surface area contributed by atoms with Crippen LogP contribution in [-0.4, -0.2) is 30.8 Å². The fourth-order valence-corrected chi connectivity index (χ4v) is 3.03. The highest BCUT2D eigenvalue weighted by Gasteiger charge is 2.23. The predicted octanol–water partition coefficient (Wildman–Crippen LogP) is 3.26. The number of carbonyl (C=O) groups is 1. The van der Waals surface area contributed by atoms with E-state index in [1.807, 2.05) is 6.92 Å². The summed E-state index contributed by atoms with van der Waals surface area (Å²) in [5.74, 6) is -0.359. The Labute approximate surface area is 164 Å². The van der Waals surface area contributed by atoms with Crippen LogP contribution in [-0.2, 0) is 0 Å². The van der Waals surface area contributed by atoms with Crippen LogP contribution in [0.2, 0.25) is 0 Å². The summed E-state index contributed by atoms with van der Waals surface area (Å²) >= 11 is 0. The summed E-state index contributed by atoms with van der Waals surface area (Å²) in [6.07, 6.45) is 2.88. The van der Waals surface area contributed by atoms with Gasteiger partial charge in [0, 0.05) is 29.1 Å². The van der Waals surface area contributed by atoms with E-state index in [0.717, 1.165) is 11.8 Å². The third-order valence-electron chi connectivity index (χ3n) is 4.47. The van der Waals surface area contributed by atoms with E-state index in [9.17, 15) is 9.18 Å². The van der Waals surface area contributed by atoms with Gasteiger partial charge >= 0.3 is 0 Å². The molecule has 9 heteroatoms. The Morgan fingerprint density at radius 3 is 2.86 bits per heavy atom. The Hall–Kier alpha value is -4.14. The SMILES string of the molecule is Cc1ccc(-c2cc3c(cc2F)On2cnnc2-c2cccc(n2)NC3=O)cn1. The fourth-order valence-electron chi connectivity index (χ4n) is 3.03. The number of nitrogens with zero attached hydrogens (tertiary/aromatic N) is 5. The summed E-state index contributed by atoms with van der Waals surface area (Å²) in [6.45, 7) is 1.84. The Kier molecular flexibility index (Phi) is 3.80. The molecule has 5 rings (SSSR count). The molecule has 29 heavy (non-hydrogen) atoms. The normalized spacial score (nSPS) is 12.4. The molecule has 1 N–H and O–H groups in total. The van der Waals surface area contributed by atoms with E-state index in [4.69, 9.17) is 4.84 Å². The Balaban J connectivity index is 1.69. The molecular formula is C20H13FN6O2. The molecule has 1 amide bonds. The smallest absolute Gasteiger partial charge is 0.260 e. The van der Waals surface area contributed by atoms with Crippen molar-refractivity contribution in [1.82, 2.24) is 24.9 Å². The number of aryl methyl sites for hydroxylation is 1. The minimum absolute atomic E-state index is 0.0232. The van der Waals surface area contributed by atoms with Crippen molar-refractivity contribution in [2.24, 2.45) is 0 Å². The summed E-state index contributed by atoms with van der Waals surface area (Å²) in [7, 11) is 0. The van der Waals surface area contributed by atoms with E-state index >= 15 is 0 Å². The van der Waals surface area contributed by atoms with E-state index in [1.165, 1.54) is 17.1 Å². The first-order valence-corrected chi connectivity index (χ1v) is 8.72. The quantitative estimate of drug-likeness (QED) is 0.538. The third kappa shape index (κ3) is 2.98. The lowest BCUT2D eigenvalue weighted by molar-refractivity contribution is 0.101. The first-order chi connectivity index (χ1) is 14.1. The van der Waals surface area contributed by atoms with Gasteiger partial charge in [0.1, 0.15) is 17.3 Å². The zero-order valence-corrected chi connectivity index (χ0v) is 15.1. The molecule has 2 bridgehead atoms. The highest BCUT2D eigenvalue weighted by atomic mass is 19.1. The molecule has 4 aromatic rings. The van der Waals surface area contributed by atoms with Gasteiger partial charge in [-0.1, -0.05) is 12.1 Å². The van der Waals surface area contributed by atoms with Gasteiger partial charge in [-0.25, -0.2) is 9.37 Å². The van der Waals surface area contributed by atoms with Crippen molar-refractivity contribution < 1.29 is 14.0 Å². The number of pyridine rings is 2. The Morgan fingerprint density at radius 2 is 2.03 bits per heavy atom. The molecule has 0 saturated carbocycles. The van der Waals surface area contributed by atoms with Crippen LogP contribution in [0.1, 0.15) is 16.1 Å². The van der Waals surface area contributed by atoms with Gasteiger partial charge in [-0.05, 0) is 31.2 Å². The number of nitrogens with one attached hydrogen (secondary N) is 1. The average molecular weight is 388 g/mol. The largest absolute Gasteiger partial charge is 0.371 e. The number of rotatable bonds is 1. The van der Waals surface area contributed by atoms with Crippen LogP contribution in [0.3, 0.4) is 0 Å². The minimum Gasteiger partial charge on any atom is -0.371 e. The minimum atomic E-state index is -0.550. The molecule has 0 unspecified atom stereocenters. The molecule has 1 aliphatic heterocycles. The molecule has 0 fully saturated rings. The van der Waals surface area contributed by atoms with E-state index in [2.05, 4.69) is 25.5 Å². The van der Waals surface area contributed by atoms with Gasteiger partial charge in [0.05, 0.1) is 5.56 Å². The fraction of sp³-hybridized carbons (Fsp3) is 0.0500. The van der Waals surface area contributed by atoms with E-state index < -0.39 is 11.7 Å². The van der Waals surface area contributed by atoms with Crippen LogP contribution < -0.4 is 10.2 Å². The number of amides is 1. The maximum Gasteiger partial charge on any atom is 0.260 e. The van der Waals surface area contributed by atoms with Crippen LogP contribution in [0.25, 0.3) is 22.6 Å². The van der Waals surface area contributed by atoms with Crippen molar-refractivity contribution in [3.8, 4) is 28.4 Å². The highest BCUT2D eigenvalue weighted by Crippen LogP contribution is 2.32.